The Hall–Kier alpha value is -0.610. The van der Waals surface area contributed by atoms with Gasteiger partial charge in [0.1, 0.15) is 0 Å². The SMILES string of the molecule is COC(=O)C(C)(C)COC1CCNCC1. The van der Waals surface area contributed by atoms with Gasteiger partial charge in [-0.25, -0.2) is 0 Å². The molecule has 0 radical (unpaired) electrons. The number of ether oxygens (including phenoxy) is 2. The van der Waals surface area contributed by atoms with Crippen molar-refractivity contribution in [3.8, 4) is 0 Å². The highest BCUT2D eigenvalue weighted by molar-refractivity contribution is 5.75. The van der Waals surface area contributed by atoms with Crippen LogP contribution in [-0.4, -0.2) is 38.9 Å². The zero-order valence-corrected chi connectivity index (χ0v) is 9.84. The lowest BCUT2D eigenvalue weighted by atomic mass is 9.95. The monoisotopic (exact) mass is 215 g/mol. The summed E-state index contributed by atoms with van der Waals surface area (Å²) in [6.07, 6.45) is 2.34. The second-order valence-electron chi connectivity index (χ2n) is 4.64. The van der Waals surface area contributed by atoms with Crippen molar-refractivity contribution in [2.75, 3.05) is 26.8 Å². The molecule has 1 rings (SSSR count). The van der Waals surface area contributed by atoms with Crippen LogP contribution in [0.15, 0.2) is 0 Å². The van der Waals surface area contributed by atoms with Gasteiger partial charge in [0.15, 0.2) is 0 Å². The Morgan fingerprint density at radius 2 is 2.00 bits per heavy atom. The molecule has 4 heteroatoms. The van der Waals surface area contributed by atoms with Crippen molar-refractivity contribution in [3.63, 3.8) is 0 Å². The number of rotatable bonds is 4. The zero-order chi connectivity index (χ0) is 11.3. The average Bonchev–Trinajstić information content (AvgIpc) is 2.27. The van der Waals surface area contributed by atoms with Gasteiger partial charge in [-0.05, 0) is 39.8 Å². The molecule has 0 spiro atoms. The molecular formula is C11H21NO3. The highest BCUT2D eigenvalue weighted by atomic mass is 16.5. The Bertz CT molecular complexity index is 210. The van der Waals surface area contributed by atoms with Gasteiger partial charge in [-0.2, -0.15) is 0 Å². The fraction of sp³-hybridized carbons (Fsp3) is 0.909. The summed E-state index contributed by atoms with van der Waals surface area (Å²) in [5.41, 5.74) is -0.542. The Morgan fingerprint density at radius 1 is 1.40 bits per heavy atom. The van der Waals surface area contributed by atoms with Crippen LogP contribution in [0.1, 0.15) is 26.7 Å². The minimum Gasteiger partial charge on any atom is -0.469 e. The number of piperidine rings is 1. The van der Waals surface area contributed by atoms with Crippen LogP contribution in [0.2, 0.25) is 0 Å². The Morgan fingerprint density at radius 3 is 2.53 bits per heavy atom. The summed E-state index contributed by atoms with van der Waals surface area (Å²) in [7, 11) is 1.41. The van der Waals surface area contributed by atoms with Gasteiger partial charge < -0.3 is 14.8 Å². The number of carbonyl (C=O) groups excluding carboxylic acids is 1. The highest BCUT2D eigenvalue weighted by Gasteiger charge is 2.30. The van der Waals surface area contributed by atoms with E-state index < -0.39 is 5.41 Å². The van der Waals surface area contributed by atoms with E-state index in [-0.39, 0.29) is 12.1 Å². The van der Waals surface area contributed by atoms with Crippen LogP contribution in [0.25, 0.3) is 0 Å². The summed E-state index contributed by atoms with van der Waals surface area (Å²) in [6.45, 7) is 6.14. The molecule has 88 valence electrons. The van der Waals surface area contributed by atoms with E-state index in [0.29, 0.717) is 6.61 Å². The van der Waals surface area contributed by atoms with Gasteiger partial charge in [-0.1, -0.05) is 0 Å². The number of esters is 1. The molecule has 1 heterocycles. The Balaban J connectivity index is 2.31. The molecule has 15 heavy (non-hydrogen) atoms. The molecule has 0 aromatic rings. The first-order valence-electron chi connectivity index (χ1n) is 5.47. The number of methoxy groups -OCH3 is 1. The lowest BCUT2D eigenvalue weighted by molar-refractivity contribution is -0.155. The molecule has 4 nitrogen and oxygen atoms in total. The summed E-state index contributed by atoms with van der Waals surface area (Å²) < 4.78 is 10.5. The number of hydrogen-bond donors (Lipinski definition) is 1. The van der Waals surface area contributed by atoms with Crippen LogP contribution in [0.5, 0.6) is 0 Å². The predicted molar refractivity (Wildman–Crippen MR) is 57.6 cm³/mol. The van der Waals surface area contributed by atoms with Crippen LogP contribution in [-0.2, 0) is 14.3 Å². The van der Waals surface area contributed by atoms with E-state index in [4.69, 9.17) is 9.47 Å². The molecule has 0 aliphatic carbocycles. The van der Waals surface area contributed by atoms with Crippen molar-refractivity contribution in [2.45, 2.75) is 32.8 Å². The highest BCUT2D eigenvalue weighted by Crippen LogP contribution is 2.20. The third kappa shape index (κ3) is 3.80. The van der Waals surface area contributed by atoms with Gasteiger partial charge >= 0.3 is 5.97 Å². The van der Waals surface area contributed by atoms with Crippen molar-refractivity contribution in [2.24, 2.45) is 5.41 Å². The van der Waals surface area contributed by atoms with Crippen LogP contribution < -0.4 is 5.32 Å². The van der Waals surface area contributed by atoms with Crippen molar-refractivity contribution in [1.29, 1.82) is 0 Å². The first kappa shape index (κ1) is 12.5. The average molecular weight is 215 g/mol. The third-order valence-electron chi connectivity index (χ3n) is 2.70. The molecule has 1 saturated heterocycles. The maximum Gasteiger partial charge on any atom is 0.313 e. The van der Waals surface area contributed by atoms with E-state index in [1.54, 1.807) is 0 Å². The van der Waals surface area contributed by atoms with E-state index in [1.807, 2.05) is 13.8 Å². The van der Waals surface area contributed by atoms with E-state index in [2.05, 4.69) is 5.32 Å². The minimum atomic E-state index is -0.542. The standard InChI is InChI=1S/C11H21NO3/c1-11(2,10(13)14-3)8-15-9-4-6-12-7-5-9/h9,12H,4-8H2,1-3H3. The van der Waals surface area contributed by atoms with E-state index in [1.165, 1.54) is 7.11 Å². The predicted octanol–water partition coefficient (Wildman–Crippen LogP) is 0.954. The molecule has 1 N–H and O–H groups in total. The maximum absolute atomic E-state index is 11.4. The molecule has 1 aliphatic heterocycles. The van der Waals surface area contributed by atoms with Gasteiger partial charge in [-0.15, -0.1) is 0 Å². The quantitative estimate of drug-likeness (QED) is 0.709. The minimum absolute atomic E-state index is 0.212. The fourth-order valence-electron chi connectivity index (χ4n) is 1.62. The summed E-state index contributed by atoms with van der Waals surface area (Å²) in [5, 5.41) is 3.27. The second-order valence-corrected chi connectivity index (χ2v) is 4.64. The summed E-state index contributed by atoms with van der Waals surface area (Å²) in [6, 6.07) is 0. The van der Waals surface area contributed by atoms with Gasteiger partial charge in [0.05, 0.1) is 25.2 Å². The summed E-state index contributed by atoms with van der Waals surface area (Å²) in [4.78, 5) is 11.4. The Kier molecular flexibility index (Phi) is 4.54. The molecule has 0 amide bonds. The molecular weight excluding hydrogens is 194 g/mol. The van der Waals surface area contributed by atoms with Crippen LogP contribution in [0, 0.1) is 5.41 Å². The first-order valence-corrected chi connectivity index (χ1v) is 5.47. The van der Waals surface area contributed by atoms with Crippen LogP contribution in [0.3, 0.4) is 0 Å². The number of nitrogens with one attached hydrogen (secondary N) is 1. The summed E-state index contributed by atoms with van der Waals surface area (Å²) >= 11 is 0. The largest absolute Gasteiger partial charge is 0.469 e. The smallest absolute Gasteiger partial charge is 0.313 e. The molecule has 0 saturated carbocycles. The van der Waals surface area contributed by atoms with Crippen molar-refractivity contribution in [1.82, 2.24) is 5.32 Å². The van der Waals surface area contributed by atoms with Gasteiger partial charge in [0.2, 0.25) is 0 Å². The summed E-state index contributed by atoms with van der Waals surface area (Å²) in [5.74, 6) is -0.212. The Labute approximate surface area is 91.3 Å². The van der Waals surface area contributed by atoms with E-state index in [9.17, 15) is 4.79 Å². The van der Waals surface area contributed by atoms with Crippen molar-refractivity contribution in [3.05, 3.63) is 0 Å². The molecule has 0 aromatic heterocycles. The van der Waals surface area contributed by atoms with E-state index >= 15 is 0 Å². The van der Waals surface area contributed by atoms with Crippen LogP contribution in [0.4, 0.5) is 0 Å². The van der Waals surface area contributed by atoms with Crippen molar-refractivity contribution >= 4 is 5.97 Å². The lowest BCUT2D eigenvalue weighted by Gasteiger charge is -2.27. The molecule has 0 atom stereocenters. The second kappa shape index (κ2) is 5.47. The van der Waals surface area contributed by atoms with Crippen molar-refractivity contribution < 1.29 is 14.3 Å². The molecule has 0 aromatic carbocycles. The molecule has 1 aliphatic rings. The first-order chi connectivity index (χ1) is 7.06. The van der Waals surface area contributed by atoms with Gasteiger partial charge in [0, 0.05) is 0 Å². The molecule has 1 fully saturated rings. The molecule has 0 unspecified atom stereocenters. The van der Waals surface area contributed by atoms with Crippen LogP contribution >= 0.6 is 0 Å². The van der Waals surface area contributed by atoms with Gasteiger partial charge in [-0.3, -0.25) is 4.79 Å². The van der Waals surface area contributed by atoms with Gasteiger partial charge in [0.25, 0.3) is 0 Å². The number of hydrogen-bond acceptors (Lipinski definition) is 4. The zero-order valence-electron chi connectivity index (χ0n) is 9.84. The molecule has 0 bridgehead atoms. The normalized spacial score (nSPS) is 18.9. The lowest BCUT2D eigenvalue weighted by Crippen LogP contribution is -2.37. The fourth-order valence-corrected chi connectivity index (χ4v) is 1.62. The third-order valence-corrected chi connectivity index (χ3v) is 2.70. The topological polar surface area (TPSA) is 47.6 Å². The maximum atomic E-state index is 11.4. The number of carbonyl (C=O) groups is 1. The van der Waals surface area contributed by atoms with E-state index in [0.717, 1.165) is 25.9 Å².